The quantitative estimate of drug-likeness (QED) is 0.527. The van der Waals surface area contributed by atoms with E-state index in [0.717, 1.165) is 41.2 Å². The van der Waals surface area contributed by atoms with E-state index < -0.39 is 0 Å². The number of pyridine rings is 1. The van der Waals surface area contributed by atoms with E-state index in [4.69, 9.17) is 0 Å². The summed E-state index contributed by atoms with van der Waals surface area (Å²) in [7, 11) is 0. The topological polar surface area (TPSA) is 79.2 Å². The Morgan fingerprint density at radius 2 is 1.81 bits per heavy atom. The normalized spacial score (nSPS) is 14.0. The van der Waals surface area contributed by atoms with Gasteiger partial charge in [0.15, 0.2) is 11.6 Å². The lowest BCUT2D eigenvalue weighted by Crippen LogP contribution is -2.49. The number of carbonyl (C=O) groups excluding carboxylic acids is 1. The Labute approximate surface area is 186 Å². The van der Waals surface area contributed by atoms with Crippen LogP contribution in [-0.2, 0) is 11.3 Å². The Morgan fingerprint density at radius 3 is 2.59 bits per heavy atom. The fourth-order valence-electron chi connectivity index (χ4n) is 4.01. The van der Waals surface area contributed by atoms with Crippen molar-refractivity contribution >= 4 is 34.3 Å². The number of nitrogens with one attached hydrogen (secondary N) is 1. The van der Waals surface area contributed by atoms with Gasteiger partial charge < -0.3 is 19.7 Å². The summed E-state index contributed by atoms with van der Waals surface area (Å²) in [6, 6.07) is 17.9. The van der Waals surface area contributed by atoms with Crippen molar-refractivity contribution in [2.75, 3.05) is 36.4 Å². The van der Waals surface area contributed by atoms with E-state index in [2.05, 4.69) is 31.5 Å². The molecule has 1 aliphatic rings. The first-order chi connectivity index (χ1) is 15.7. The molecular formula is C24H25N7O. The van der Waals surface area contributed by atoms with Gasteiger partial charge in [-0.1, -0.05) is 18.2 Å². The molecule has 1 aromatic carbocycles. The van der Waals surface area contributed by atoms with Gasteiger partial charge in [0.25, 0.3) is 0 Å². The molecule has 0 saturated carbocycles. The molecule has 0 radical (unpaired) electrons. The van der Waals surface area contributed by atoms with Crippen molar-refractivity contribution < 1.29 is 4.79 Å². The predicted octanol–water partition coefficient (Wildman–Crippen LogP) is 3.23. The summed E-state index contributed by atoms with van der Waals surface area (Å²) >= 11 is 0. The lowest BCUT2D eigenvalue weighted by Gasteiger charge is -2.35. The first-order valence-electron chi connectivity index (χ1n) is 10.8. The van der Waals surface area contributed by atoms with Gasteiger partial charge in [0.2, 0.25) is 5.91 Å². The standard InChI is InChI=1S/C24H25N7O/c1-18-8-10-25-22(16-18)26-21-6-7-23(28-27-21)29-12-14-30(15-13-29)24(32)17-31-11-9-19-4-2-3-5-20(19)31/h2-11,16H,12-15,17H2,1H3,(H,25,26,27). The van der Waals surface area contributed by atoms with Gasteiger partial charge in [-0.2, -0.15) is 0 Å². The number of piperazine rings is 1. The average molecular weight is 428 g/mol. The highest BCUT2D eigenvalue weighted by Gasteiger charge is 2.22. The van der Waals surface area contributed by atoms with E-state index in [0.29, 0.717) is 25.5 Å². The maximum atomic E-state index is 12.8. The highest BCUT2D eigenvalue weighted by Crippen LogP contribution is 2.18. The summed E-state index contributed by atoms with van der Waals surface area (Å²) in [6.07, 6.45) is 3.75. The molecule has 4 aromatic rings. The molecular weight excluding hydrogens is 402 g/mol. The highest BCUT2D eigenvalue weighted by atomic mass is 16.2. The molecule has 1 fully saturated rings. The molecule has 162 valence electrons. The van der Waals surface area contributed by atoms with Crippen LogP contribution in [0.2, 0.25) is 0 Å². The van der Waals surface area contributed by atoms with Crippen LogP contribution in [-0.4, -0.2) is 56.7 Å². The van der Waals surface area contributed by atoms with Gasteiger partial charge in [-0.25, -0.2) is 4.98 Å². The number of fused-ring (bicyclic) bond motifs is 1. The average Bonchev–Trinajstić information content (AvgIpc) is 3.22. The number of rotatable bonds is 5. The number of aromatic nitrogens is 4. The highest BCUT2D eigenvalue weighted by molar-refractivity contribution is 5.83. The Kier molecular flexibility index (Phi) is 5.41. The Hall–Kier alpha value is -3.94. The van der Waals surface area contributed by atoms with Crippen molar-refractivity contribution in [3.63, 3.8) is 0 Å². The van der Waals surface area contributed by atoms with E-state index in [1.54, 1.807) is 6.20 Å². The van der Waals surface area contributed by atoms with Gasteiger partial charge in [0.1, 0.15) is 12.4 Å². The number of anilines is 3. The second-order valence-electron chi connectivity index (χ2n) is 7.99. The predicted molar refractivity (Wildman–Crippen MR) is 125 cm³/mol. The molecule has 1 aliphatic heterocycles. The van der Waals surface area contributed by atoms with Crippen molar-refractivity contribution in [3.8, 4) is 0 Å². The van der Waals surface area contributed by atoms with Crippen molar-refractivity contribution in [1.29, 1.82) is 0 Å². The van der Waals surface area contributed by atoms with Crippen molar-refractivity contribution in [2.45, 2.75) is 13.5 Å². The Morgan fingerprint density at radius 1 is 0.969 bits per heavy atom. The number of benzene rings is 1. The molecule has 4 heterocycles. The molecule has 32 heavy (non-hydrogen) atoms. The van der Waals surface area contributed by atoms with E-state index in [1.807, 2.05) is 71.1 Å². The molecule has 3 aromatic heterocycles. The number of amides is 1. The van der Waals surface area contributed by atoms with Crippen LogP contribution in [0.1, 0.15) is 5.56 Å². The van der Waals surface area contributed by atoms with Crippen LogP contribution < -0.4 is 10.2 Å². The number of hydrogen-bond donors (Lipinski definition) is 1. The minimum Gasteiger partial charge on any atom is -0.352 e. The third kappa shape index (κ3) is 4.25. The first kappa shape index (κ1) is 20.0. The van der Waals surface area contributed by atoms with Gasteiger partial charge >= 0.3 is 0 Å². The van der Waals surface area contributed by atoms with E-state index in [-0.39, 0.29) is 5.91 Å². The molecule has 1 N–H and O–H groups in total. The summed E-state index contributed by atoms with van der Waals surface area (Å²) in [4.78, 5) is 21.2. The summed E-state index contributed by atoms with van der Waals surface area (Å²) < 4.78 is 2.02. The van der Waals surface area contributed by atoms with Crippen LogP contribution in [0.15, 0.2) is 67.0 Å². The number of hydrogen-bond acceptors (Lipinski definition) is 6. The van der Waals surface area contributed by atoms with Crippen LogP contribution in [0.3, 0.4) is 0 Å². The fraction of sp³-hybridized carbons (Fsp3) is 0.250. The molecule has 1 amide bonds. The summed E-state index contributed by atoms with van der Waals surface area (Å²) in [6.45, 7) is 5.20. The van der Waals surface area contributed by atoms with E-state index in [1.165, 1.54) is 0 Å². The Bertz CT molecular complexity index is 1230. The molecule has 0 spiro atoms. The Balaban J connectivity index is 1.17. The third-order valence-electron chi connectivity index (χ3n) is 5.76. The molecule has 1 saturated heterocycles. The van der Waals surface area contributed by atoms with Gasteiger partial charge in [-0.15, -0.1) is 10.2 Å². The van der Waals surface area contributed by atoms with Crippen molar-refractivity contribution in [1.82, 2.24) is 24.6 Å². The summed E-state index contributed by atoms with van der Waals surface area (Å²) in [5.74, 6) is 2.35. The van der Waals surface area contributed by atoms with Crippen molar-refractivity contribution in [3.05, 3.63) is 72.6 Å². The second kappa shape index (κ2) is 8.66. The van der Waals surface area contributed by atoms with E-state index in [9.17, 15) is 4.79 Å². The number of nitrogens with zero attached hydrogens (tertiary/aromatic N) is 6. The second-order valence-corrected chi connectivity index (χ2v) is 7.99. The van der Waals surface area contributed by atoms with Crippen LogP contribution in [0, 0.1) is 6.92 Å². The van der Waals surface area contributed by atoms with E-state index >= 15 is 0 Å². The zero-order valence-electron chi connectivity index (χ0n) is 18.0. The largest absolute Gasteiger partial charge is 0.352 e. The van der Waals surface area contributed by atoms with Gasteiger partial charge in [0, 0.05) is 44.1 Å². The van der Waals surface area contributed by atoms with Crippen LogP contribution in [0.25, 0.3) is 10.9 Å². The minimum atomic E-state index is 0.141. The first-order valence-corrected chi connectivity index (χ1v) is 10.8. The number of aryl methyl sites for hydroxylation is 1. The lowest BCUT2D eigenvalue weighted by atomic mass is 10.2. The molecule has 0 bridgehead atoms. The van der Waals surface area contributed by atoms with Gasteiger partial charge in [-0.3, -0.25) is 4.79 Å². The monoisotopic (exact) mass is 427 g/mol. The maximum Gasteiger partial charge on any atom is 0.242 e. The van der Waals surface area contributed by atoms with Crippen LogP contribution >= 0.6 is 0 Å². The maximum absolute atomic E-state index is 12.8. The lowest BCUT2D eigenvalue weighted by molar-refractivity contribution is -0.132. The third-order valence-corrected chi connectivity index (χ3v) is 5.76. The number of carbonyl (C=O) groups is 1. The summed E-state index contributed by atoms with van der Waals surface area (Å²) in [5, 5.41) is 13.0. The SMILES string of the molecule is Cc1ccnc(Nc2ccc(N3CCN(C(=O)Cn4ccc5ccccc54)CC3)nn2)c1. The fourth-order valence-corrected chi connectivity index (χ4v) is 4.01. The number of para-hydroxylation sites is 1. The zero-order chi connectivity index (χ0) is 21.9. The minimum absolute atomic E-state index is 0.141. The summed E-state index contributed by atoms with van der Waals surface area (Å²) in [5.41, 5.74) is 2.22. The van der Waals surface area contributed by atoms with Crippen LogP contribution in [0.4, 0.5) is 17.5 Å². The molecule has 8 nitrogen and oxygen atoms in total. The molecule has 0 aliphatic carbocycles. The van der Waals surface area contributed by atoms with Gasteiger partial charge in [-0.05, 0) is 54.3 Å². The molecule has 0 unspecified atom stereocenters. The molecule has 8 heteroatoms. The van der Waals surface area contributed by atoms with Crippen molar-refractivity contribution in [2.24, 2.45) is 0 Å². The smallest absolute Gasteiger partial charge is 0.242 e. The molecule has 5 rings (SSSR count). The zero-order valence-corrected chi connectivity index (χ0v) is 18.0. The van der Waals surface area contributed by atoms with Gasteiger partial charge in [0.05, 0.1) is 0 Å². The van der Waals surface area contributed by atoms with Crippen LogP contribution in [0.5, 0.6) is 0 Å². The molecule has 0 atom stereocenters.